The third-order valence-corrected chi connectivity index (χ3v) is 3.91. The van der Waals surface area contributed by atoms with Gasteiger partial charge in [-0.15, -0.1) is 0 Å². The first-order valence-electron chi connectivity index (χ1n) is 7.99. The Morgan fingerprint density at radius 2 is 2.04 bits per heavy atom. The number of aryl methyl sites for hydroxylation is 1. The van der Waals surface area contributed by atoms with Crippen LogP contribution < -0.4 is 9.47 Å². The number of pyridine rings is 1. The Balaban J connectivity index is 1.49. The number of amides is 1. The quantitative estimate of drug-likeness (QED) is 0.816. The van der Waals surface area contributed by atoms with E-state index in [0.717, 1.165) is 11.6 Å². The number of nitrogens with zero attached hydrogens (tertiary/aromatic N) is 2. The van der Waals surface area contributed by atoms with E-state index in [-0.39, 0.29) is 25.6 Å². The third kappa shape index (κ3) is 4.25. The molecule has 2 heterocycles. The number of alkyl halides is 3. The highest BCUT2D eigenvalue weighted by molar-refractivity contribution is 5.78. The van der Waals surface area contributed by atoms with Gasteiger partial charge in [0.2, 0.25) is 5.88 Å². The van der Waals surface area contributed by atoms with Gasteiger partial charge in [-0.05, 0) is 36.8 Å². The van der Waals surface area contributed by atoms with Gasteiger partial charge in [-0.3, -0.25) is 4.79 Å². The molecule has 5 nitrogen and oxygen atoms in total. The molecule has 0 aliphatic carbocycles. The number of hydrogen-bond donors (Lipinski definition) is 0. The number of aromatic nitrogens is 1. The van der Waals surface area contributed by atoms with Crippen molar-refractivity contribution in [2.45, 2.75) is 19.2 Å². The Kier molecular flexibility index (Phi) is 5.01. The molecule has 2 aromatic rings. The Bertz CT molecular complexity index is 789. The first-order valence-corrected chi connectivity index (χ1v) is 7.99. The zero-order valence-corrected chi connectivity index (χ0v) is 14.0. The summed E-state index contributed by atoms with van der Waals surface area (Å²) in [6, 6.07) is 9.43. The van der Waals surface area contributed by atoms with Crippen molar-refractivity contribution in [1.82, 2.24) is 9.88 Å². The highest BCUT2D eigenvalue weighted by Crippen LogP contribution is 2.35. The minimum absolute atomic E-state index is 0.131. The number of benzene rings is 1. The minimum atomic E-state index is -4.54. The Morgan fingerprint density at radius 3 is 2.73 bits per heavy atom. The van der Waals surface area contributed by atoms with Crippen molar-refractivity contribution in [2.24, 2.45) is 0 Å². The predicted octanol–water partition coefficient (Wildman–Crippen LogP) is 3.08. The van der Waals surface area contributed by atoms with Crippen molar-refractivity contribution < 1.29 is 27.4 Å². The van der Waals surface area contributed by atoms with E-state index in [1.54, 1.807) is 6.07 Å². The van der Waals surface area contributed by atoms with Crippen molar-refractivity contribution in [3.8, 4) is 11.6 Å². The third-order valence-electron chi connectivity index (χ3n) is 3.91. The van der Waals surface area contributed by atoms with Gasteiger partial charge in [0, 0.05) is 6.20 Å². The lowest BCUT2D eigenvalue weighted by Gasteiger charge is -2.38. The molecule has 1 aromatic heterocycles. The highest BCUT2D eigenvalue weighted by Gasteiger charge is 2.38. The van der Waals surface area contributed by atoms with Crippen LogP contribution in [-0.4, -0.2) is 41.6 Å². The number of rotatable bonds is 5. The second kappa shape index (κ2) is 7.23. The summed E-state index contributed by atoms with van der Waals surface area (Å²) in [6.07, 6.45) is -3.82. The summed E-state index contributed by atoms with van der Waals surface area (Å²) < 4.78 is 49.5. The Morgan fingerprint density at radius 1 is 1.27 bits per heavy atom. The summed E-state index contributed by atoms with van der Waals surface area (Å²) in [4.78, 5) is 17.2. The maximum Gasteiger partial charge on any atom is 0.421 e. The van der Waals surface area contributed by atoms with Gasteiger partial charge >= 0.3 is 6.18 Å². The molecule has 1 saturated heterocycles. The van der Waals surface area contributed by atoms with Crippen LogP contribution in [0.15, 0.2) is 42.6 Å². The average molecular weight is 366 g/mol. The fraction of sp³-hybridized carbons (Fsp3) is 0.333. The number of hydrogen-bond acceptors (Lipinski definition) is 4. The molecule has 26 heavy (non-hydrogen) atoms. The predicted molar refractivity (Wildman–Crippen MR) is 86.9 cm³/mol. The molecule has 1 amide bonds. The molecule has 8 heteroatoms. The minimum Gasteiger partial charge on any atom is -0.484 e. The largest absolute Gasteiger partial charge is 0.484 e. The van der Waals surface area contributed by atoms with Crippen LogP contribution in [-0.2, 0) is 11.0 Å². The topological polar surface area (TPSA) is 51.7 Å². The van der Waals surface area contributed by atoms with Gasteiger partial charge in [-0.1, -0.05) is 12.1 Å². The molecule has 0 radical (unpaired) electrons. The van der Waals surface area contributed by atoms with Crippen LogP contribution in [0.2, 0.25) is 0 Å². The summed E-state index contributed by atoms with van der Waals surface area (Å²) >= 11 is 0. The van der Waals surface area contributed by atoms with Crippen molar-refractivity contribution in [2.75, 3.05) is 19.7 Å². The zero-order valence-electron chi connectivity index (χ0n) is 14.0. The summed E-state index contributed by atoms with van der Waals surface area (Å²) in [5.74, 6) is -0.119. The molecular formula is C18H17F3N2O3. The molecule has 0 atom stereocenters. The van der Waals surface area contributed by atoms with E-state index in [4.69, 9.17) is 9.47 Å². The number of halogens is 3. The van der Waals surface area contributed by atoms with E-state index >= 15 is 0 Å². The van der Waals surface area contributed by atoms with Gasteiger partial charge in [0.05, 0.1) is 13.1 Å². The van der Waals surface area contributed by atoms with E-state index in [9.17, 15) is 18.0 Å². The molecule has 138 valence electrons. The standard InChI is InChI=1S/C18H17F3N2O3/c1-12-4-2-5-13(8-12)25-11-16(24)23-9-14(10-23)26-17-15(18(19,20)21)6-3-7-22-17/h2-8,14H,9-11H2,1H3. The Labute approximate surface area is 148 Å². The Hall–Kier alpha value is -2.77. The average Bonchev–Trinajstić information content (AvgIpc) is 2.55. The molecule has 0 spiro atoms. The van der Waals surface area contributed by atoms with Crippen LogP contribution in [0, 0.1) is 6.92 Å². The lowest BCUT2D eigenvalue weighted by molar-refractivity contribution is -0.146. The number of ether oxygens (including phenoxy) is 2. The fourth-order valence-electron chi connectivity index (χ4n) is 2.52. The van der Waals surface area contributed by atoms with Gasteiger partial charge in [-0.2, -0.15) is 13.2 Å². The summed E-state index contributed by atoms with van der Waals surface area (Å²) in [5, 5.41) is 0. The highest BCUT2D eigenvalue weighted by atomic mass is 19.4. The molecule has 0 unspecified atom stereocenters. The van der Waals surface area contributed by atoms with E-state index in [1.165, 1.54) is 17.2 Å². The lowest BCUT2D eigenvalue weighted by Crippen LogP contribution is -2.57. The number of carbonyl (C=O) groups excluding carboxylic acids is 1. The summed E-state index contributed by atoms with van der Waals surface area (Å²) in [6.45, 7) is 2.18. The van der Waals surface area contributed by atoms with Crippen LogP contribution in [0.5, 0.6) is 11.6 Å². The van der Waals surface area contributed by atoms with Crippen LogP contribution in [0.1, 0.15) is 11.1 Å². The van der Waals surface area contributed by atoms with Crippen molar-refractivity contribution in [3.05, 3.63) is 53.7 Å². The smallest absolute Gasteiger partial charge is 0.421 e. The van der Waals surface area contributed by atoms with Gasteiger partial charge in [0.25, 0.3) is 5.91 Å². The van der Waals surface area contributed by atoms with Crippen LogP contribution in [0.4, 0.5) is 13.2 Å². The van der Waals surface area contributed by atoms with Crippen molar-refractivity contribution in [1.29, 1.82) is 0 Å². The summed E-state index contributed by atoms with van der Waals surface area (Å²) in [7, 11) is 0. The van der Waals surface area contributed by atoms with Gasteiger partial charge in [-0.25, -0.2) is 4.98 Å². The van der Waals surface area contributed by atoms with Crippen LogP contribution in [0.3, 0.4) is 0 Å². The molecule has 1 aliphatic heterocycles. The molecular weight excluding hydrogens is 349 g/mol. The summed E-state index contributed by atoms with van der Waals surface area (Å²) in [5.41, 5.74) is 0.0933. The van der Waals surface area contributed by atoms with Crippen LogP contribution in [0.25, 0.3) is 0 Å². The zero-order chi connectivity index (χ0) is 18.7. The monoisotopic (exact) mass is 366 g/mol. The van der Waals surface area contributed by atoms with E-state index in [0.29, 0.717) is 5.75 Å². The molecule has 0 saturated carbocycles. The fourth-order valence-corrected chi connectivity index (χ4v) is 2.52. The molecule has 0 bridgehead atoms. The van der Waals surface area contributed by atoms with Gasteiger partial charge < -0.3 is 14.4 Å². The van der Waals surface area contributed by atoms with E-state index in [1.807, 2.05) is 25.1 Å². The van der Waals surface area contributed by atoms with Gasteiger partial charge in [0.1, 0.15) is 17.4 Å². The van der Waals surface area contributed by atoms with E-state index in [2.05, 4.69) is 4.98 Å². The van der Waals surface area contributed by atoms with E-state index < -0.39 is 23.7 Å². The second-order valence-corrected chi connectivity index (χ2v) is 6.00. The maximum absolute atomic E-state index is 12.9. The molecule has 1 fully saturated rings. The number of likely N-dealkylation sites (tertiary alicyclic amines) is 1. The molecule has 1 aromatic carbocycles. The molecule has 3 rings (SSSR count). The molecule has 1 aliphatic rings. The first kappa shape index (κ1) is 18.0. The maximum atomic E-state index is 12.9. The van der Waals surface area contributed by atoms with Crippen molar-refractivity contribution >= 4 is 5.91 Å². The molecule has 0 N–H and O–H groups in total. The number of carbonyl (C=O) groups is 1. The van der Waals surface area contributed by atoms with Gasteiger partial charge in [0.15, 0.2) is 6.61 Å². The normalized spacial score (nSPS) is 14.7. The lowest BCUT2D eigenvalue weighted by atomic mass is 10.1. The second-order valence-electron chi connectivity index (χ2n) is 6.00. The SMILES string of the molecule is Cc1cccc(OCC(=O)N2CC(Oc3ncccc3C(F)(F)F)C2)c1. The van der Waals surface area contributed by atoms with Crippen molar-refractivity contribution in [3.63, 3.8) is 0 Å². The first-order chi connectivity index (χ1) is 12.3. The van der Waals surface area contributed by atoms with Crippen LogP contribution >= 0.6 is 0 Å².